The molecule has 0 saturated carbocycles. The molecule has 1 aromatic heterocycles. The molecular formula is C17H27N5O2. The van der Waals surface area contributed by atoms with Crippen LogP contribution < -0.4 is 0 Å². The van der Waals surface area contributed by atoms with E-state index < -0.39 is 0 Å². The highest BCUT2D eigenvalue weighted by molar-refractivity contribution is 5.92. The van der Waals surface area contributed by atoms with E-state index in [1.165, 1.54) is 0 Å². The van der Waals surface area contributed by atoms with Crippen molar-refractivity contribution in [3.8, 4) is 0 Å². The van der Waals surface area contributed by atoms with Crippen molar-refractivity contribution in [2.24, 2.45) is 7.05 Å². The van der Waals surface area contributed by atoms with E-state index in [0.717, 1.165) is 11.3 Å². The van der Waals surface area contributed by atoms with Gasteiger partial charge in [0.05, 0.1) is 6.20 Å². The largest absolute Gasteiger partial charge is 0.336 e. The Bertz CT molecular complexity index is 610. The lowest BCUT2D eigenvalue weighted by atomic mass is 10.2. The van der Waals surface area contributed by atoms with Crippen LogP contribution in [0.2, 0.25) is 0 Å². The molecule has 1 aliphatic heterocycles. The molecule has 132 valence electrons. The van der Waals surface area contributed by atoms with Gasteiger partial charge in [0.2, 0.25) is 5.91 Å². The van der Waals surface area contributed by atoms with Crippen LogP contribution in [0.1, 0.15) is 25.1 Å². The minimum Gasteiger partial charge on any atom is -0.336 e. The maximum Gasteiger partial charge on any atom is 0.320 e. The van der Waals surface area contributed by atoms with Gasteiger partial charge in [-0.25, -0.2) is 4.79 Å². The highest BCUT2D eigenvalue weighted by Crippen LogP contribution is 2.10. The maximum absolute atomic E-state index is 12.3. The molecule has 24 heavy (non-hydrogen) atoms. The van der Waals surface area contributed by atoms with Gasteiger partial charge in [-0.15, -0.1) is 0 Å². The zero-order valence-electron chi connectivity index (χ0n) is 15.0. The minimum absolute atomic E-state index is 0.0202. The molecule has 2 rings (SSSR count). The van der Waals surface area contributed by atoms with Gasteiger partial charge in [0.1, 0.15) is 0 Å². The van der Waals surface area contributed by atoms with Crippen LogP contribution >= 0.6 is 0 Å². The summed E-state index contributed by atoms with van der Waals surface area (Å²) in [6, 6.07) is 0.0635. The summed E-state index contributed by atoms with van der Waals surface area (Å²) in [5.74, 6) is -0.0202. The van der Waals surface area contributed by atoms with Crippen LogP contribution in [-0.2, 0) is 11.8 Å². The van der Waals surface area contributed by atoms with E-state index in [1.807, 2.05) is 37.6 Å². The summed E-state index contributed by atoms with van der Waals surface area (Å²) in [7, 11) is 1.88. The zero-order chi connectivity index (χ0) is 17.7. The number of piperazine rings is 1. The fourth-order valence-corrected chi connectivity index (χ4v) is 2.76. The number of carbonyl (C=O) groups excluding carboxylic acids is 2. The highest BCUT2D eigenvalue weighted by atomic mass is 16.2. The second-order valence-corrected chi connectivity index (χ2v) is 5.91. The fraction of sp³-hybridized carbons (Fsp3) is 0.588. The number of nitrogens with zero attached hydrogens (tertiary/aromatic N) is 5. The topological polar surface area (TPSA) is 61.7 Å². The second kappa shape index (κ2) is 7.99. The Kier molecular flexibility index (Phi) is 6.00. The quantitative estimate of drug-likeness (QED) is 0.782. The predicted octanol–water partition coefficient (Wildman–Crippen LogP) is 1.35. The van der Waals surface area contributed by atoms with Crippen LogP contribution in [0.15, 0.2) is 12.3 Å². The fourth-order valence-electron chi connectivity index (χ4n) is 2.76. The molecule has 7 nitrogen and oxygen atoms in total. The summed E-state index contributed by atoms with van der Waals surface area (Å²) >= 11 is 0. The minimum atomic E-state index is -0.0202. The molecule has 0 unspecified atom stereocenters. The maximum atomic E-state index is 12.3. The van der Waals surface area contributed by atoms with Crippen molar-refractivity contribution in [2.45, 2.75) is 20.8 Å². The van der Waals surface area contributed by atoms with Gasteiger partial charge in [-0.3, -0.25) is 9.48 Å². The first kappa shape index (κ1) is 18.0. The van der Waals surface area contributed by atoms with Gasteiger partial charge < -0.3 is 14.7 Å². The first-order chi connectivity index (χ1) is 11.5. The van der Waals surface area contributed by atoms with Crippen molar-refractivity contribution in [3.05, 3.63) is 23.5 Å². The van der Waals surface area contributed by atoms with E-state index in [9.17, 15) is 9.59 Å². The number of urea groups is 1. The third-order valence-electron chi connectivity index (χ3n) is 4.57. The van der Waals surface area contributed by atoms with Crippen molar-refractivity contribution in [1.29, 1.82) is 0 Å². The molecule has 0 aliphatic carbocycles. The summed E-state index contributed by atoms with van der Waals surface area (Å²) in [6.07, 6.45) is 5.14. The van der Waals surface area contributed by atoms with Crippen molar-refractivity contribution >= 4 is 18.0 Å². The third-order valence-corrected chi connectivity index (χ3v) is 4.57. The number of amides is 3. The van der Waals surface area contributed by atoms with Crippen LogP contribution in [0.3, 0.4) is 0 Å². The van der Waals surface area contributed by atoms with Crippen LogP contribution in [0.4, 0.5) is 4.79 Å². The Morgan fingerprint density at radius 3 is 2.25 bits per heavy atom. The third kappa shape index (κ3) is 3.96. The molecule has 1 fully saturated rings. The van der Waals surface area contributed by atoms with E-state index in [4.69, 9.17) is 0 Å². The summed E-state index contributed by atoms with van der Waals surface area (Å²) < 4.78 is 1.78. The molecule has 0 N–H and O–H groups in total. The van der Waals surface area contributed by atoms with Gasteiger partial charge in [-0.2, -0.15) is 5.10 Å². The lowest BCUT2D eigenvalue weighted by molar-refractivity contribution is -0.127. The molecule has 1 aromatic rings. The number of rotatable bonds is 4. The molecule has 3 amide bonds. The molecule has 1 aliphatic rings. The summed E-state index contributed by atoms with van der Waals surface area (Å²) in [6.45, 7) is 9.66. The van der Waals surface area contributed by atoms with Crippen molar-refractivity contribution in [2.75, 3.05) is 39.3 Å². The van der Waals surface area contributed by atoms with E-state index in [2.05, 4.69) is 5.10 Å². The highest BCUT2D eigenvalue weighted by Gasteiger charge is 2.25. The lowest BCUT2D eigenvalue weighted by Crippen LogP contribution is -2.53. The van der Waals surface area contributed by atoms with Gasteiger partial charge in [0.25, 0.3) is 0 Å². The molecule has 7 heteroatoms. The molecule has 2 heterocycles. The number of hydrogen-bond donors (Lipinski definition) is 0. The van der Waals surface area contributed by atoms with Gasteiger partial charge in [-0.05, 0) is 26.8 Å². The zero-order valence-corrected chi connectivity index (χ0v) is 15.0. The molecular weight excluding hydrogens is 306 g/mol. The summed E-state index contributed by atoms with van der Waals surface area (Å²) in [5, 5.41) is 4.16. The normalized spacial score (nSPS) is 15.2. The molecule has 0 spiro atoms. The van der Waals surface area contributed by atoms with E-state index in [-0.39, 0.29) is 11.9 Å². The van der Waals surface area contributed by atoms with E-state index >= 15 is 0 Å². The summed E-state index contributed by atoms with van der Waals surface area (Å²) in [4.78, 5) is 30.0. The number of hydrogen-bond acceptors (Lipinski definition) is 3. The number of aromatic nitrogens is 2. The van der Waals surface area contributed by atoms with Crippen molar-refractivity contribution < 1.29 is 9.59 Å². The molecule has 1 saturated heterocycles. The molecule has 0 bridgehead atoms. The average molecular weight is 333 g/mol. The monoisotopic (exact) mass is 333 g/mol. The van der Waals surface area contributed by atoms with Crippen molar-refractivity contribution in [3.63, 3.8) is 0 Å². The van der Waals surface area contributed by atoms with Gasteiger partial charge in [0.15, 0.2) is 0 Å². The van der Waals surface area contributed by atoms with Crippen LogP contribution in [0.5, 0.6) is 0 Å². The second-order valence-electron chi connectivity index (χ2n) is 5.91. The SMILES string of the molecule is CCN(CC)C(=O)N1CCN(C(=O)/C=C/c2cnn(C)c2C)CC1. The van der Waals surface area contributed by atoms with Gasteiger partial charge in [-0.1, -0.05) is 0 Å². The Hall–Kier alpha value is -2.31. The Morgan fingerprint density at radius 2 is 1.75 bits per heavy atom. The molecule has 0 radical (unpaired) electrons. The lowest BCUT2D eigenvalue weighted by Gasteiger charge is -2.36. The van der Waals surface area contributed by atoms with Gasteiger partial charge >= 0.3 is 6.03 Å². The van der Waals surface area contributed by atoms with E-state index in [0.29, 0.717) is 39.3 Å². The van der Waals surface area contributed by atoms with Crippen LogP contribution in [0, 0.1) is 6.92 Å². The Balaban J connectivity index is 1.89. The Morgan fingerprint density at radius 1 is 1.17 bits per heavy atom. The van der Waals surface area contributed by atoms with Crippen molar-refractivity contribution in [1.82, 2.24) is 24.5 Å². The number of aryl methyl sites for hydroxylation is 1. The predicted molar refractivity (Wildman–Crippen MR) is 93.4 cm³/mol. The average Bonchev–Trinajstić information content (AvgIpc) is 2.92. The van der Waals surface area contributed by atoms with Crippen LogP contribution in [0.25, 0.3) is 6.08 Å². The molecule has 0 aromatic carbocycles. The first-order valence-corrected chi connectivity index (χ1v) is 8.47. The van der Waals surface area contributed by atoms with E-state index in [1.54, 1.807) is 27.9 Å². The Labute approximate surface area is 143 Å². The standard InChI is InChI=1S/C17H27N5O2/c1-5-20(6-2)17(24)22-11-9-21(10-12-22)16(23)8-7-15-13-18-19(4)14(15)3/h7-8,13H,5-6,9-12H2,1-4H3/b8-7+. The first-order valence-electron chi connectivity index (χ1n) is 8.47. The summed E-state index contributed by atoms with van der Waals surface area (Å²) in [5.41, 5.74) is 1.97. The van der Waals surface area contributed by atoms with Gasteiger partial charge in [0, 0.05) is 63.6 Å². The number of carbonyl (C=O) groups is 2. The molecule has 0 atom stereocenters. The smallest absolute Gasteiger partial charge is 0.320 e. The van der Waals surface area contributed by atoms with Crippen LogP contribution in [-0.4, -0.2) is 75.7 Å².